The van der Waals surface area contributed by atoms with Crippen LogP contribution in [0.1, 0.15) is 18.4 Å². The average molecular weight is 292 g/mol. The first kappa shape index (κ1) is 15.5. The highest BCUT2D eigenvalue weighted by molar-refractivity contribution is 5.81. The van der Waals surface area contributed by atoms with Crippen molar-refractivity contribution in [1.29, 1.82) is 0 Å². The van der Waals surface area contributed by atoms with Crippen LogP contribution < -0.4 is 10.6 Å². The van der Waals surface area contributed by atoms with E-state index in [1.54, 1.807) is 0 Å². The van der Waals surface area contributed by atoms with E-state index in [-0.39, 0.29) is 6.04 Å². The van der Waals surface area contributed by atoms with E-state index in [0.29, 0.717) is 25.8 Å². The monoisotopic (exact) mass is 292 g/mol. The molecule has 21 heavy (non-hydrogen) atoms. The number of aliphatic hydroxyl groups is 1. The first-order valence-corrected chi connectivity index (χ1v) is 7.05. The molecule has 1 aliphatic heterocycles. The zero-order valence-corrected chi connectivity index (χ0v) is 11.7. The summed E-state index contributed by atoms with van der Waals surface area (Å²) < 4.78 is 0. The normalized spacial score (nSPS) is 22.7. The van der Waals surface area contributed by atoms with Crippen molar-refractivity contribution >= 4 is 11.9 Å². The van der Waals surface area contributed by atoms with Crippen LogP contribution in [-0.2, 0) is 16.0 Å². The molecule has 0 saturated carbocycles. The Kier molecular flexibility index (Phi) is 5.30. The summed E-state index contributed by atoms with van der Waals surface area (Å²) in [5.74, 6) is -1.36. The minimum absolute atomic E-state index is 0.245. The third-order valence-electron chi connectivity index (χ3n) is 3.63. The summed E-state index contributed by atoms with van der Waals surface area (Å²) >= 11 is 0. The molecule has 3 atom stereocenters. The molecule has 0 aliphatic carbocycles. The van der Waals surface area contributed by atoms with Crippen molar-refractivity contribution in [3.05, 3.63) is 35.9 Å². The van der Waals surface area contributed by atoms with Crippen LogP contribution in [0, 0.1) is 0 Å². The highest BCUT2D eigenvalue weighted by Crippen LogP contribution is 2.09. The Morgan fingerprint density at radius 3 is 2.67 bits per heavy atom. The third-order valence-corrected chi connectivity index (χ3v) is 3.63. The van der Waals surface area contributed by atoms with Gasteiger partial charge in [0.2, 0.25) is 5.91 Å². The first-order chi connectivity index (χ1) is 10.1. The minimum Gasteiger partial charge on any atom is -0.480 e. The third kappa shape index (κ3) is 4.54. The van der Waals surface area contributed by atoms with Gasteiger partial charge >= 0.3 is 5.97 Å². The van der Waals surface area contributed by atoms with Gasteiger partial charge in [-0.05, 0) is 24.8 Å². The molecule has 6 heteroatoms. The summed E-state index contributed by atoms with van der Waals surface area (Å²) in [4.78, 5) is 22.7. The number of carbonyl (C=O) groups excluding carboxylic acids is 1. The van der Waals surface area contributed by atoms with Gasteiger partial charge in [0.05, 0.1) is 0 Å². The van der Waals surface area contributed by atoms with Gasteiger partial charge in [0.25, 0.3) is 0 Å². The fourth-order valence-corrected chi connectivity index (χ4v) is 2.41. The van der Waals surface area contributed by atoms with Gasteiger partial charge in [0, 0.05) is 12.6 Å². The van der Waals surface area contributed by atoms with Crippen molar-refractivity contribution in [2.45, 2.75) is 37.5 Å². The molecule has 0 unspecified atom stereocenters. The summed E-state index contributed by atoms with van der Waals surface area (Å²) in [5.41, 5.74) is 1.07. The van der Waals surface area contributed by atoms with Crippen molar-refractivity contribution in [2.24, 2.45) is 0 Å². The number of amides is 1. The first-order valence-electron chi connectivity index (χ1n) is 7.05. The van der Waals surface area contributed by atoms with Crippen LogP contribution in [-0.4, -0.2) is 46.8 Å². The van der Waals surface area contributed by atoms with E-state index in [9.17, 15) is 14.7 Å². The molecule has 1 aromatic rings. The summed E-state index contributed by atoms with van der Waals surface area (Å²) in [6, 6.07) is 8.77. The quantitative estimate of drug-likeness (QED) is 0.587. The number of aliphatic carboxylic acids is 1. The molecule has 1 amide bonds. The highest BCUT2D eigenvalue weighted by Gasteiger charge is 2.31. The number of hydrogen-bond acceptors (Lipinski definition) is 4. The van der Waals surface area contributed by atoms with Crippen LogP contribution in [0.25, 0.3) is 0 Å². The molecule has 0 radical (unpaired) electrons. The lowest BCUT2D eigenvalue weighted by Crippen LogP contribution is -2.42. The van der Waals surface area contributed by atoms with E-state index < -0.39 is 24.0 Å². The maximum atomic E-state index is 11.9. The molecular weight excluding hydrogens is 272 g/mol. The number of carboxylic acid groups (broad SMARTS) is 1. The molecule has 1 aliphatic rings. The van der Waals surface area contributed by atoms with Gasteiger partial charge in [-0.15, -0.1) is 0 Å². The van der Waals surface area contributed by atoms with Gasteiger partial charge in [-0.25, -0.2) is 0 Å². The fourth-order valence-electron chi connectivity index (χ4n) is 2.41. The number of aryl methyl sites for hydroxylation is 1. The lowest BCUT2D eigenvalue weighted by molar-refractivity contribution is -0.139. The van der Waals surface area contributed by atoms with E-state index in [4.69, 9.17) is 5.11 Å². The summed E-state index contributed by atoms with van der Waals surface area (Å²) in [7, 11) is 0. The van der Waals surface area contributed by atoms with E-state index in [1.807, 2.05) is 30.3 Å². The lowest BCUT2D eigenvalue weighted by Gasteiger charge is -2.15. The molecule has 0 spiro atoms. The van der Waals surface area contributed by atoms with E-state index in [0.717, 1.165) is 5.56 Å². The smallest absolute Gasteiger partial charge is 0.320 e. The number of benzene rings is 1. The largest absolute Gasteiger partial charge is 0.480 e. The van der Waals surface area contributed by atoms with Crippen molar-refractivity contribution < 1.29 is 19.8 Å². The molecule has 1 saturated heterocycles. The topological polar surface area (TPSA) is 98.7 Å². The Balaban J connectivity index is 1.74. The predicted octanol–water partition coefficient (Wildman–Crippen LogP) is -0.0886. The van der Waals surface area contributed by atoms with Crippen LogP contribution in [0.5, 0.6) is 0 Å². The molecule has 4 N–H and O–H groups in total. The molecular formula is C15H20N2O4. The van der Waals surface area contributed by atoms with E-state index in [1.165, 1.54) is 0 Å². The fraction of sp³-hybridized carbons (Fsp3) is 0.467. The number of rotatable bonds is 6. The second-order valence-corrected chi connectivity index (χ2v) is 5.28. The number of hydrogen-bond donors (Lipinski definition) is 4. The number of aliphatic hydroxyl groups excluding tert-OH is 1. The van der Waals surface area contributed by atoms with Crippen LogP contribution in [0.15, 0.2) is 30.3 Å². The minimum atomic E-state index is -1.07. The van der Waals surface area contributed by atoms with E-state index >= 15 is 0 Å². The zero-order chi connectivity index (χ0) is 15.2. The van der Waals surface area contributed by atoms with Gasteiger partial charge < -0.3 is 20.8 Å². The summed E-state index contributed by atoms with van der Waals surface area (Å²) in [5, 5.41) is 24.2. The second kappa shape index (κ2) is 7.19. The number of carbonyl (C=O) groups is 2. The molecule has 0 bridgehead atoms. The average Bonchev–Trinajstić information content (AvgIpc) is 2.94. The Morgan fingerprint density at radius 1 is 1.33 bits per heavy atom. The Hall–Kier alpha value is -1.92. The molecule has 0 aromatic heterocycles. The van der Waals surface area contributed by atoms with Gasteiger partial charge in [-0.1, -0.05) is 30.3 Å². The van der Waals surface area contributed by atoms with Crippen LogP contribution in [0.3, 0.4) is 0 Å². The maximum absolute atomic E-state index is 11.9. The van der Waals surface area contributed by atoms with Crippen LogP contribution in [0.4, 0.5) is 0 Å². The molecule has 6 nitrogen and oxygen atoms in total. The number of nitrogens with one attached hydrogen (secondary N) is 2. The van der Waals surface area contributed by atoms with Crippen molar-refractivity contribution in [3.63, 3.8) is 0 Å². The van der Waals surface area contributed by atoms with E-state index in [2.05, 4.69) is 10.6 Å². The Morgan fingerprint density at radius 2 is 2.05 bits per heavy atom. The van der Waals surface area contributed by atoms with Gasteiger partial charge in [-0.2, -0.15) is 0 Å². The SMILES string of the molecule is O=C(N[C@H]1CN[C@H](C(=O)O)C1)[C@H](O)CCc1ccccc1. The van der Waals surface area contributed by atoms with Crippen LogP contribution >= 0.6 is 0 Å². The Labute approximate surface area is 123 Å². The lowest BCUT2D eigenvalue weighted by atomic mass is 10.1. The second-order valence-electron chi connectivity index (χ2n) is 5.28. The van der Waals surface area contributed by atoms with Crippen molar-refractivity contribution in [3.8, 4) is 0 Å². The highest BCUT2D eigenvalue weighted by atomic mass is 16.4. The van der Waals surface area contributed by atoms with Crippen molar-refractivity contribution in [2.75, 3.05) is 6.54 Å². The molecule has 2 rings (SSSR count). The molecule has 1 fully saturated rings. The van der Waals surface area contributed by atoms with Crippen molar-refractivity contribution in [1.82, 2.24) is 10.6 Å². The standard InChI is InChI=1S/C15H20N2O4/c18-13(7-6-10-4-2-1-3-5-10)14(19)17-11-8-12(15(20)21)16-9-11/h1-5,11-13,16,18H,6-9H2,(H,17,19)(H,20,21)/t11-,12+,13-/m1/s1. The summed E-state index contributed by atoms with van der Waals surface area (Å²) in [6.07, 6.45) is 0.232. The van der Waals surface area contributed by atoms with Gasteiger partial charge in [0.1, 0.15) is 12.1 Å². The zero-order valence-electron chi connectivity index (χ0n) is 11.7. The van der Waals surface area contributed by atoms with Gasteiger partial charge in [-0.3, -0.25) is 9.59 Å². The number of carboxylic acids is 1. The molecule has 1 heterocycles. The maximum Gasteiger partial charge on any atom is 0.320 e. The Bertz CT molecular complexity index is 492. The summed E-state index contributed by atoms with van der Waals surface area (Å²) in [6.45, 7) is 0.411. The van der Waals surface area contributed by atoms with Crippen LogP contribution in [0.2, 0.25) is 0 Å². The molecule has 1 aromatic carbocycles. The molecule has 114 valence electrons. The predicted molar refractivity (Wildman–Crippen MR) is 76.7 cm³/mol. The van der Waals surface area contributed by atoms with Gasteiger partial charge in [0.15, 0.2) is 0 Å².